The molecule has 6 heteroatoms. The highest BCUT2D eigenvalue weighted by Crippen LogP contribution is 2.26. The zero-order valence-electron chi connectivity index (χ0n) is 13.6. The fourth-order valence-corrected chi connectivity index (χ4v) is 1.68. The van der Waals surface area contributed by atoms with Gasteiger partial charge >= 0.3 is 0 Å². The summed E-state index contributed by atoms with van der Waals surface area (Å²) in [5.74, 6) is 1.64. The Balaban J connectivity index is 2.38. The number of amides is 1. The fraction of sp³-hybridized carbons (Fsp3) is 0.500. The van der Waals surface area contributed by atoms with Gasteiger partial charge < -0.3 is 19.6 Å². The molecule has 22 heavy (non-hydrogen) atoms. The van der Waals surface area contributed by atoms with Crippen molar-refractivity contribution in [1.82, 2.24) is 5.32 Å². The minimum atomic E-state index is -0.176. The molecule has 0 aromatic heterocycles. The van der Waals surface area contributed by atoms with E-state index in [9.17, 15) is 4.79 Å². The van der Waals surface area contributed by atoms with Gasteiger partial charge in [0.25, 0.3) is 5.91 Å². The second-order valence-electron chi connectivity index (χ2n) is 5.15. The first kappa shape index (κ1) is 17.8. The van der Waals surface area contributed by atoms with Crippen LogP contribution in [0, 0.1) is 5.92 Å². The predicted octanol–water partition coefficient (Wildman–Crippen LogP) is 2.22. The topological polar surface area (TPSA) is 69.2 Å². The van der Waals surface area contributed by atoms with Crippen LogP contribution in [0.15, 0.2) is 23.4 Å². The molecule has 1 aromatic rings. The van der Waals surface area contributed by atoms with E-state index in [0.29, 0.717) is 24.0 Å². The monoisotopic (exact) mass is 308 g/mol. The number of nitrogens with zero attached hydrogens (tertiary/aromatic N) is 1. The lowest BCUT2D eigenvalue weighted by atomic mass is 10.1. The first-order chi connectivity index (χ1) is 10.6. The highest BCUT2D eigenvalue weighted by atomic mass is 16.6. The highest BCUT2D eigenvalue weighted by Gasteiger charge is 2.04. The number of oxime groups is 1. The Kier molecular flexibility index (Phi) is 7.81. The third-order valence-electron chi connectivity index (χ3n) is 2.92. The predicted molar refractivity (Wildman–Crippen MR) is 85.6 cm³/mol. The van der Waals surface area contributed by atoms with Crippen LogP contribution in [-0.2, 0) is 9.63 Å². The molecule has 0 saturated heterocycles. The molecule has 0 spiro atoms. The maximum Gasteiger partial charge on any atom is 0.260 e. The molecule has 0 aliphatic heterocycles. The van der Waals surface area contributed by atoms with Crippen LogP contribution in [0.1, 0.15) is 25.8 Å². The van der Waals surface area contributed by atoms with Crippen LogP contribution in [0.5, 0.6) is 11.5 Å². The Bertz CT molecular complexity index is 501. The van der Waals surface area contributed by atoms with E-state index in [1.165, 1.54) is 6.21 Å². The van der Waals surface area contributed by atoms with Crippen LogP contribution >= 0.6 is 0 Å². The molecule has 1 rings (SSSR count). The van der Waals surface area contributed by atoms with Crippen molar-refractivity contribution in [3.05, 3.63) is 23.8 Å². The van der Waals surface area contributed by atoms with E-state index in [2.05, 4.69) is 24.3 Å². The summed E-state index contributed by atoms with van der Waals surface area (Å²) in [6.07, 6.45) is 2.46. The van der Waals surface area contributed by atoms with Gasteiger partial charge in [-0.2, -0.15) is 0 Å². The molecular weight excluding hydrogens is 284 g/mol. The quantitative estimate of drug-likeness (QED) is 0.561. The summed E-state index contributed by atoms with van der Waals surface area (Å²) in [7, 11) is 3.14. The van der Waals surface area contributed by atoms with E-state index in [0.717, 1.165) is 12.0 Å². The Morgan fingerprint density at radius 2 is 2.00 bits per heavy atom. The fourth-order valence-electron chi connectivity index (χ4n) is 1.68. The molecule has 1 amide bonds. The summed E-state index contributed by atoms with van der Waals surface area (Å²) in [4.78, 5) is 16.4. The van der Waals surface area contributed by atoms with E-state index in [4.69, 9.17) is 14.3 Å². The zero-order chi connectivity index (χ0) is 16.4. The maximum absolute atomic E-state index is 11.5. The Morgan fingerprint density at radius 3 is 2.64 bits per heavy atom. The van der Waals surface area contributed by atoms with Crippen molar-refractivity contribution >= 4 is 12.1 Å². The molecule has 0 aliphatic carbocycles. The zero-order valence-corrected chi connectivity index (χ0v) is 13.6. The van der Waals surface area contributed by atoms with Crippen LogP contribution in [0.4, 0.5) is 0 Å². The molecule has 0 bridgehead atoms. The Labute approximate surface area is 131 Å². The van der Waals surface area contributed by atoms with Crippen LogP contribution in [0.25, 0.3) is 0 Å². The van der Waals surface area contributed by atoms with Crippen LogP contribution < -0.4 is 14.8 Å². The molecule has 122 valence electrons. The average molecular weight is 308 g/mol. The van der Waals surface area contributed by atoms with Crippen molar-refractivity contribution in [1.29, 1.82) is 0 Å². The first-order valence-electron chi connectivity index (χ1n) is 7.21. The van der Waals surface area contributed by atoms with Gasteiger partial charge in [-0.05, 0) is 30.5 Å². The molecule has 1 aromatic carbocycles. The SMILES string of the molecule is COc1ccc(/C=N/OCC(=O)NCCC(C)C)cc1OC. The second-order valence-corrected chi connectivity index (χ2v) is 5.15. The van der Waals surface area contributed by atoms with E-state index < -0.39 is 0 Å². The van der Waals surface area contributed by atoms with Gasteiger partial charge in [0.05, 0.1) is 20.4 Å². The Morgan fingerprint density at radius 1 is 1.27 bits per heavy atom. The lowest BCUT2D eigenvalue weighted by Gasteiger charge is -2.07. The number of nitrogens with one attached hydrogen (secondary N) is 1. The summed E-state index contributed by atoms with van der Waals surface area (Å²) in [6, 6.07) is 5.37. The standard InChI is InChI=1S/C16H24N2O4/c1-12(2)7-8-17-16(19)11-22-18-10-13-5-6-14(20-3)15(9-13)21-4/h5-6,9-10,12H,7-8,11H2,1-4H3,(H,17,19)/b18-10+. The summed E-state index contributed by atoms with van der Waals surface area (Å²) >= 11 is 0. The van der Waals surface area contributed by atoms with Crippen molar-refractivity contribution in [2.24, 2.45) is 11.1 Å². The van der Waals surface area contributed by atoms with Crippen molar-refractivity contribution in [2.45, 2.75) is 20.3 Å². The van der Waals surface area contributed by atoms with Gasteiger partial charge in [-0.15, -0.1) is 0 Å². The summed E-state index contributed by atoms with van der Waals surface area (Å²) in [5, 5.41) is 6.55. The van der Waals surface area contributed by atoms with Crippen molar-refractivity contribution < 1.29 is 19.1 Å². The maximum atomic E-state index is 11.5. The molecule has 6 nitrogen and oxygen atoms in total. The third kappa shape index (κ3) is 6.47. The van der Waals surface area contributed by atoms with E-state index in [1.54, 1.807) is 26.4 Å². The number of hydrogen-bond donors (Lipinski definition) is 1. The summed E-state index contributed by atoms with van der Waals surface area (Å²) in [6.45, 7) is 4.77. The number of hydrogen-bond acceptors (Lipinski definition) is 5. The first-order valence-corrected chi connectivity index (χ1v) is 7.21. The summed E-state index contributed by atoms with van der Waals surface area (Å²) < 4.78 is 10.3. The van der Waals surface area contributed by atoms with Gasteiger partial charge in [0, 0.05) is 12.1 Å². The van der Waals surface area contributed by atoms with Crippen LogP contribution in [-0.4, -0.2) is 39.5 Å². The van der Waals surface area contributed by atoms with E-state index >= 15 is 0 Å². The van der Waals surface area contributed by atoms with E-state index in [1.807, 2.05) is 6.07 Å². The molecule has 0 fully saturated rings. The third-order valence-corrected chi connectivity index (χ3v) is 2.92. The molecule has 0 radical (unpaired) electrons. The summed E-state index contributed by atoms with van der Waals surface area (Å²) in [5.41, 5.74) is 0.790. The molecular formula is C16H24N2O4. The number of carbonyl (C=O) groups excluding carboxylic acids is 1. The van der Waals surface area contributed by atoms with E-state index in [-0.39, 0.29) is 12.5 Å². The smallest absolute Gasteiger partial charge is 0.260 e. The molecule has 0 unspecified atom stereocenters. The number of benzene rings is 1. The normalized spacial score (nSPS) is 10.8. The second kappa shape index (κ2) is 9.65. The van der Waals surface area contributed by atoms with Crippen LogP contribution in [0.2, 0.25) is 0 Å². The minimum absolute atomic E-state index is 0.0954. The molecule has 0 heterocycles. The van der Waals surface area contributed by atoms with Gasteiger partial charge in [0.2, 0.25) is 0 Å². The number of carbonyl (C=O) groups is 1. The van der Waals surface area contributed by atoms with Crippen LogP contribution in [0.3, 0.4) is 0 Å². The Hall–Kier alpha value is -2.24. The molecule has 0 atom stereocenters. The number of ether oxygens (including phenoxy) is 2. The molecule has 0 aliphatic rings. The average Bonchev–Trinajstić information content (AvgIpc) is 2.51. The van der Waals surface area contributed by atoms with Gasteiger partial charge in [-0.1, -0.05) is 19.0 Å². The minimum Gasteiger partial charge on any atom is -0.493 e. The van der Waals surface area contributed by atoms with Gasteiger partial charge in [-0.3, -0.25) is 4.79 Å². The molecule has 1 N–H and O–H groups in total. The van der Waals surface area contributed by atoms with Gasteiger partial charge in [0.1, 0.15) is 0 Å². The van der Waals surface area contributed by atoms with Gasteiger partial charge in [-0.25, -0.2) is 0 Å². The lowest BCUT2D eigenvalue weighted by Crippen LogP contribution is -2.28. The number of methoxy groups -OCH3 is 2. The van der Waals surface area contributed by atoms with Crippen molar-refractivity contribution in [3.63, 3.8) is 0 Å². The molecule has 0 saturated carbocycles. The highest BCUT2D eigenvalue weighted by molar-refractivity contribution is 5.81. The number of rotatable bonds is 9. The van der Waals surface area contributed by atoms with Gasteiger partial charge in [0.15, 0.2) is 18.1 Å². The largest absolute Gasteiger partial charge is 0.493 e. The van der Waals surface area contributed by atoms with Crippen molar-refractivity contribution in [2.75, 3.05) is 27.4 Å². The lowest BCUT2D eigenvalue weighted by molar-refractivity contribution is -0.125. The van der Waals surface area contributed by atoms with Crippen molar-refractivity contribution in [3.8, 4) is 11.5 Å².